The fourth-order valence-electron chi connectivity index (χ4n) is 1.31. The highest BCUT2D eigenvalue weighted by Crippen LogP contribution is 2.31. The van der Waals surface area contributed by atoms with E-state index in [0.717, 1.165) is 0 Å². The van der Waals surface area contributed by atoms with Crippen molar-refractivity contribution in [2.45, 2.75) is 25.6 Å². The monoisotopic (exact) mass is 242 g/mol. The summed E-state index contributed by atoms with van der Waals surface area (Å²) in [5, 5.41) is 21.6. The SMILES string of the molecule is N#CC(C#N)(CCC(F)(F)F)Cn1cccn1. The Bertz CT molecular complexity index is 422. The molecule has 0 saturated carbocycles. The van der Waals surface area contributed by atoms with Crippen LogP contribution in [0.15, 0.2) is 18.5 Å². The number of nitriles is 2. The van der Waals surface area contributed by atoms with Crippen LogP contribution in [0.3, 0.4) is 0 Å². The molecule has 0 atom stereocenters. The minimum absolute atomic E-state index is 0.164. The highest BCUT2D eigenvalue weighted by Gasteiger charge is 2.37. The maximum atomic E-state index is 12.1. The molecule has 90 valence electrons. The molecule has 0 aromatic carbocycles. The zero-order valence-electron chi connectivity index (χ0n) is 8.78. The lowest BCUT2D eigenvalue weighted by Crippen LogP contribution is -2.26. The Hall–Kier alpha value is -2.02. The average molecular weight is 242 g/mol. The number of aromatic nitrogens is 2. The Morgan fingerprint density at radius 3 is 2.24 bits per heavy atom. The van der Waals surface area contributed by atoms with Crippen LogP contribution in [0.2, 0.25) is 0 Å². The lowest BCUT2D eigenvalue weighted by molar-refractivity contribution is -0.138. The normalized spacial score (nSPS) is 11.8. The molecule has 0 aliphatic heterocycles. The number of halogens is 3. The van der Waals surface area contributed by atoms with Crippen LogP contribution in [0.25, 0.3) is 0 Å². The molecular weight excluding hydrogens is 233 g/mol. The predicted molar refractivity (Wildman–Crippen MR) is 51.2 cm³/mol. The molecule has 0 N–H and O–H groups in total. The minimum atomic E-state index is -4.37. The van der Waals surface area contributed by atoms with E-state index in [2.05, 4.69) is 5.10 Å². The van der Waals surface area contributed by atoms with E-state index in [1.54, 1.807) is 18.2 Å². The van der Waals surface area contributed by atoms with Gasteiger partial charge in [0.1, 0.15) is 0 Å². The maximum absolute atomic E-state index is 12.1. The standard InChI is InChI=1S/C10H9F3N4/c11-10(12,13)3-2-9(6-14,7-15)8-17-5-1-4-16-17/h1,4-5H,2-3,8H2. The van der Waals surface area contributed by atoms with Gasteiger partial charge in [-0.05, 0) is 12.5 Å². The molecule has 0 saturated heterocycles. The van der Waals surface area contributed by atoms with Crippen LogP contribution < -0.4 is 0 Å². The molecule has 0 radical (unpaired) electrons. The van der Waals surface area contributed by atoms with Crippen molar-refractivity contribution in [3.63, 3.8) is 0 Å². The van der Waals surface area contributed by atoms with Gasteiger partial charge in [0, 0.05) is 18.8 Å². The highest BCUT2D eigenvalue weighted by molar-refractivity contribution is 5.13. The van der Waals surface area contributed by atoms with Crippen LogP contribution in [0.1, 0.15) is 12.8 Å². The molecule has 0 aliphatic carbocycles. The van der Waals surface area contributed by atoms with E-state index in [1.165, 1.54) is 17.1 Å². The van der Waals surface area contributed by atoms with Crippen molar-refractivity contribution in [3.05, 3.63) is 18.5 Å². The topological polar surface area (TPSA) is 65.4 Å². The van der Waals surface area contributed by atoms with Crippen LogP contribution in [-0.4, -0.2) is 16.0 Å². The van der Waals surface area contributed by atoms with E-state index in [-0.39, 0.29) is 6.54 Å². The maximum Gasteiger partial charge on any atom is 0.389 e. The van der Waals surface area contributed by atoms with E-state index in [9.17, 15) is 13.2 Å². The van der Waals surface area contributed by atoms with Crippen molar-refractivity contribution < 1.29 is 13.2 Å². The summed E-state index contributed by atoms with van der Waals surface area (Å²) in [7, 11) is 0. The number of rotatable bonds is 4. The van der Waals surface area contributed by atoms with Gasteiger partial charge < -0.3 is 0 Å². The van der Waals surface area contributed by atoms with E-state index in [1.807, 2.05) is 0 Å². The Labute approximate surface area is 95.9 Å². The molecular formula is C10H9F3N4. The summed E-state index contributed by atoms with van der Waals surface area (Å²) >= 11 is 0. The van der Waals surface area contributed by atoms with E-state index in [4.69, 9.17) is 10.5 Å². The van der Waals surface area contributed by atoms with Crippen LogP contribution in [-0.2, 0) is 6.54 Å². The molecule has 0 unspecified atom stereocenters. The first-order chi connectivity index (χ1) is 7.91. The number of hydrogen-bond acceptors (Lipinski definition) is 3. The second-order valence-corrected chi connectivity index (χ2v) is 3.62. The molecule has 0 aliphatic rings. The number of alkyl halides is 3. The summed E-state index contributed by atoms with van der Waals surface area (Å²) in [6.45, 7) is -0.164. The van der Waals surface area contributed by atoms with Gasteiger partial charge in [0.15, 0.2) is 5.41 Å². The summed E-state index contributed by atoms with van der Waals surface area (Å²) < 4.78 is 37.6. The summed E-state index contributed by atoms with van der Waals surface area (Å²) in [6.07, 6.45) is -3.15. The Morgan fingerprint density at radius 2 is 1.82 bits per heavy atom. The van der Waals surface area contributed by atoms with Crippen molar-refractivity contribution in [2.24, 2.45) is 5.41 Å². The first kappa shape index (κ1) is 13.0. The zero-order valence-corrected chi connectivity index (χ0v) is 8.78. The first-order valence-corrected chi connectivity index (χ1v) is 4.77. The van der Waals surface area contributed by atoms with Crippen LogP contribution in [0.5, 0.6) is 0 Å². The summed E-state index contributed by atoms with van der Waals surface area (Å²) in [5.41, 5.74) is -1.69. The van der Waals surface area contributed by atoms with Crippen LogP contribution in [0, 0.1) is 28.1 Å². The quantitative estimate of drug-likeness (QED) is 0.813. The molecule has 4 nitrogen and oxygen atoms in total. The van der Waals surface area contributed by atoms with Crippen LogP contribution >= 0.6 is 0 Å². The number of nitrogens with zero attached hydrogens (tertiary/aromatic N) is 4. The van der Waals surface area contributed by atoms with Crippen molar-refractivity contribution in [1.82, 2.24) is 9.78 Å². The molecule has 1 aromatic heterocycles. The molecule has 0 fully saturated rings. The molecule has 17 heavy (non-hydrogen) atoms. The van der Waals surface area contributed by atoms with Gasteiger partial charge in [-0.3, -0.25) is 4.68 Å². The Kier molecular flexibility index (Phi) is 3.74. The third-order valence-corrected chi connectivity index (χ3v) is 2.25. The minimum Gasteiger partial charge on any atom is -0.270 e. The van der Waals surface area contributed by atoms with Gasteiger partial charge in [0.2, 0.25) is 0 Å². The molecule has 0 amide bonds. The van der Waals surface area contributed by atoms with Crippen LogP contribution in [0.4, 0.5) is 13.2 Å². The molecule has 1 heterocycles. The Balaban J connectivity index is 2.77. The molecule has 1 rings (SSSR count). The largest absolute Gasteiger partial charge is 0.389 e. The van der Waals surface area contributed by atoms with E-state index < -0.39 is 24.4 Å². The molecule has 0 bridgehead atoms. The summed E-state index contributed by atoms with van der Waals surface area (Å²) in [6, 6.07) is 4.88. The van der Waals surface area contributed by atoms with Crippen molar-refractivity contribution in [1.29, 1.82) is 10.5 Å². The summed E-state index contributed by atoms with van der Waals surface area (Å²) in [5.74, 6) is 0. The zero-order chi connectivity index (χ0) is 12.9. The molecule has 0 spiro atoms. The first-order valence-electron chi connectivity index (χ1n) is 4.77. The van der Waals surface area contributed by atoms with Gasteiger partial charge in [-0.15, -0.1) is 0 Å². The van der Waals surface area contributed by atoms with Crippen molar-refractivity contribution >= 4 is 0 Å². The fraction of sp³-hybridized carbons (Fsp3) is 0.500. The van der Waals surface area contributed by atoms with Crippen molar-refractivity contribution in [3.8, 4) is 12.1 Å². The van der Waals surface area contributed by atoms with E-state index >= 15 is 0 Å². The predicted octanol–water partition coefficient (Wildman–Crippen LogP) is 2.26. The van der Waals surface area contributed by atoms with Gasteiger partial charge in [-0.2, -0.15) is 28.8 Å². The van der Waals surface area contributed by atoms with Gasteiger partial charge in [0.05, 0.1) is 18.7 Å². The summed E-state index contributed by atoms with van der Waals surface area (Å²) in [4.78, 5) is 0. The third kappa shape index (κ3) is 3.80. The highest BCUT2D eigenvalue weighted by atomic mass is 19.4. The van der Waals surface area contributed by atoms with Gasteiger partial charge in [-0.25, -0.2) is 0 Å². The third-order valence-electron chi connectivity index (χ3n) is 2.25. The Morgan fingerprint density at radius 1 is 1.18 bits per heavy atom. The van der Waals surface area contributed by atoms with E-state index in [0.29, 0.717) is 0 Å². The lowest BCUT2D eigenvalue weighted by atomic mass is 9.86. The van der Waals surface area contributed by atoms with Crippen molar-refractivity contribution in [2.75, 3.05) is 0 Å². The molecule has 7 heteroatoms. The number of hydrogen-bond donors (Lipinski definition) is 0. The molecule has 1 aromatic rings. The second kappa shape index (κ2) is 4.88. The fourth-order valence-corrected chi connectivity index (χ4v) is 1.31. The van der Waals surface area contributed by atoms with Gasteiger partial charge >= 0.3 is 6.18 Å². The average Bonchev–Trinajstić information content (AvgIpc) is 2.76. The van der Waals surface area contributed by atoms with Gasteiger partial charge in [-0.1, -0.05) is 0 Å². The second-order valence-electron chi connectivity index (χ2n) is 3.62. The van der Waals surface area contributed by atoms with Gasteiger partial charge in [0.25, 0.3) is 0 Å². The lowest BCUT2D eigenvalue weighted by Gasteiger charge is -2.19. The smallest absolute Gasteiger partial charge is 0.270 e.